The molecule has 4 rings (SSSR count). The van der Waals surface area contributed by atoms with Gasteiger partial charge >= 0.3 is 0 Å². The summed E-state index contributed by atoms with van der Waals surface area (Å²) < 4.78 is 6.89. The van der Waals surface area contributed by atoms with E-state index >= 15 is 0 Å². The van der Waals surface area contributed by atoms with Crippen LogP contribution in [0.25, 0.3) is 10.2 Å². The largest absolute Gasteiger partial charge is 0.457 e. The van der Waals surface area contributed by atoms with Gasteiger partial charge in [-0.15, -0.1) is 11.3 Å². The highest BCUT2D eigenvalue weighted by atomic mass is 32.1. The first-order valence-corrected chi connectivity index (χ1v) is 8.50. The van der Waals surface area contributed by atoms with Gasteiger partial charge < -0.3 is 10.1 Å². The summed E-state index contributed by atoms with van der Waals surface area (Å²) in [6, 6.07) is 19.8. The van der Waals surface area contributed by atoms with E-state index in [0.717, 1.165) is 27.5 Å². The Morgan fingerprint density at radius 3 is 2.50 bits per heavy atom. The highest BCUT2D eigenvalue weighted by Gasteiger charge is 2.04. The Balaban J connectivity index is 1.43. The van der Waals surface area contributed by atoms with Gasteiger partial charge in [-0.2, -0.15) is 0 Å². The van der Waals surface area contributed by atoms with E-state index in [1.807, 2.05) is 53.9 Å². The Kier molecular flexibility index (Phi) is 4.08. The number of fused-ring (bicyclic) bond motifs is 1. The molecule has 2 heterocycles. The molecule has 0 unspecified atom stereocenters. The standard InChI is InChI=1S/C19H15N3OS/c1-2-4-15(5-3-1)23-16-8-6-14(7-9-16)12-20-19-18-17(10-11-24-18)21-13-22-19/h1-11,13H,12H2,(H,20,21,22). The Morgan fingerprint density at radius 2 is 1.67 bits per heavy atom. The summed E-state index contributed by atoms with van der Waals surface area (Å²) in [5, 5.41) is 5.41. The van der Waals surface area contributed by atoms with E-state index in [4.69, 9.17) is 4.74 Å². The van der Waals surface area contributed by atoms with E-state index in [2.05, 4.69) is 27.4 Å². The van der Waals surface area contributed by atoms with Crippen LogP contribution in [0.3, 0.4) is 0 Å². The molecule has 24 heavy (non-hydrogen) atoms. The molecule has 4 aromatic rings. The summed E-state index contributed by atoms with van der Waals surface area (Å²) in [5.41, 5.74) is 2.14. The van der Waals surface area contributed by atoms with Gasteiger partial charge in [-0.3, -0.25) is 0 Å². The molecule has 0 bridgehead atoms. The van der Waals surface area contributed by atoms with Crippen LogP contribution in [-0.4, -0.2) is 9.97 Å². The van der Waals surface area contributed by atoms with Crippen LogP contribution in [0.1, 0.15) is 5.56 Å². The summed E-state index contributed by atoms with van der Waals surface area (Å²) in [6.07, 6.45) is 1.59. The monoisotopic (exact) mass is 333 g/mol. The fourth-order valence-electron chi connectivity index (χ4n) is 2.40. The molecule has 0 spiro atoms. The molecule has 0 aliphatic heterocycles. The van der Waals surface area contributed by atoms with Crippen molar-refractivity contribution in [3.8, 4) is 11.5 Å². The van der Waals surface area contributed by atoms with Crippen LogP contribution in [0.2, 0.25) is 0 Å². The SMILES string of the molecule is c1ccc(Oc2ccc(CNc3ncnc4ccsc34)cc2)cc1. The molecule has 0 saturated heterocycles. The Bertz CT molecular complexity index is 936. The van der Waals surface area contributed by atoms with Gasteiger partial charge in [-0.1, -0.05) is 30.3 Å². The molecular formula is C19H15N3OS. The lowest BCUT2D eigenvalue weighted by Gasteiger charge is -2.08. The summed E-state index contributed by atoms with van der Waals surface area (Å²) >= 11 is 1.65. The zero-order valence-electron chi connectivity index (χ0n) is 12.8. The first kappa shape index (κ1) is 14.7. The summed E-state index contributed by atoms with van der Waals surface area (Å²) in [6.45, 7) is 0.704. The van der Waals surface area contributed by atoms with Gasteiger partial charge in [0.25, 0.3) is 0 Å². The van der Waals surface area contributed by atoms with E-state index in [9.17, 15) is 0 Å². The average Bonchev–Trinajstić information content (AvgIpc) is 3.11. The molecule has 2 aromatic heterocycles. The fraction of sp³-hybridized carbons (Fsp3) is 0.0526. The molecule has 1 N–H and O–H groups in total. The minimum absolute atomic E-state index is 0.704. The third-order valence-corrected chi connectivity index (χ3v) is 4.52. The molecular weight excluding hydrogens is 318 g/mol. The first-order chi connectivity index (χ1) is 11.9. The van der Waals surface area contributed by atoms with Crippen molar-refractivity contribution in [2.45, 2.75) is 6.54 Å². The molecule has 2 aromatic carbocycles. The third kappa shape index (κ3) is 3.21. The van der Waals surface area contributed by atoms with Crippen LogP contribution in [0.15, 0.2) is 72.4 Å². The number of hydrogen-bond acceptors (Lipinski definition) is 5. The maximum Gasteiger partial charge on any atom is 0.147 e. The van der Waals surface area contributed by atoms with Crippen molar-refractivity contribution >= 4 is 27.4 Å². The van der Waals surface area contributed by atoms with Crippen molar-refractivity contribution in [3.63, 3.8) is 0 Å². The molecule has 0 aliphatic carbocycles. The average molecular weight is 333 g/mol. The zero-order chi connectivity index (χ0) is 16.2. The highest BCUT2D eigenvalue weighted by Crippen LogP contribution is 2.25. The second kappa shape index (κ2) is 6.68. The molecule has 5 heteroatoms. The van der Waals surface area contributed by atoms with E-state index < -0.39 is 0 Å². The smallest absolute Gasteiger partial charge is 0.147 e. The van der Waals surface area contributed by atoms with Crippen LogP contribution in [-0.2, 0) is 6.54 Å². The van der Waals surface area contributed by atoms with Crippen molar-refractivity contribution in [2.75, 3.05) is 5.32 Å². The number of thiophene rings is 1. The number of para-hydroxylation sites is 1. The number of benzene rings is 2. The van der Waals surface area contributed by atoms with Gasteiger partial charge in [0, 0.05) is 6.54 Å². The van der Waals surface area contributed by atoms with Crippen LogP contribution in [0.4, 0.5) is 5.82 Å². The topological polar surface area (TPSA) is 47.0 Å². The zero-order valence-corrected chi connectivity index (χ0v) is 13.7. The maximum atomic E-state index is 5.80. The molecule has 4 nitrogen and oxygen atoms in total. The van der Waals surface area contributed by atoms with Gasteiger partial charge in [-0.05, 0) is 41.3 Å². The van der Waals surface area contributed by atoms with Gasteiger partial charge in [0.2, 0.25) is 0 Å². The number of ether oxygens (including phenoxy) is 1. The van der Waals surface area contributed by atoms with Gasteiger partial charge in [0.15, 0.2) is 0 Å². The van der Waals surface area contributed by atoms with Crippen molar-refractivity contribution < 1.29 is 4.74 Å². The van der Waals surface area contributed by atoms with E-state index in [0.29, 0.717) is 6.54 Å². The predicted octanol–water partition coefficient (Wildman–Crippen LogP) is 5.10. The second-order valence-corrected chi connectivity index (χ2v) is 6.19. The lowest BCUT2D eigenvalue weighted by atomic mass is 10.2. The van der Waals surface area contributed by atoms with Crippen LogP contribution < -0.4 is 10.1 Å². The Morgan fingerprint density at radius 1 is 0.875 bits per heavy atom. The molecule has 0 fully saturated rings. The normalized spacial score (nSPS) is 10.7. The third-order valence-electron chi connectivity index (χ3n) is 3.61. The second-order valence-electron chi connectivity index (χ2n) is 5.27. The van der Waals surface area contributed by atoms with E-state index in [-0.39, 0.29) is 0 Å². The number of hydrogen-bond donors (Lipinski definition) is 1. The molecule has 0 amide bonds. The predicted molar refractivity (Wildman–Crippen MR) is 97.7 cm³/mol. The van der Waals surface area contributed by atoms with Crippen molar-refractivity contribution in [1.82, 2.24) is 9.97 Å². The van der Waals surface area contributed by atoms with E-state index in [1.54, 1.807) is 17.7 Å². The Hall–Kier alpha value is -2.92. The molecule has 0 saturated carbocycles. The summed E-state index contributed by atoms with van der Waals surface area (Å²) in [4.78, 5) is 8.58. The highest BCUT2D eigenvalue weighted by molar-refractivity contribution is 7.17. The minimum Gasteiger partial charge on any atom is -0.457 e. The number of rotatable bonds is 5. The van der Waals surface area contributed by atoms with Crippen LogP contribution >= 0.6 is 11.3 Å². The van der Waals surface area contributed by atoms with Crippen LogP contribution in [0, 0.1) is 0 Å². The lowest BCUT2D eigenvalue weighted by molar-refractivity contribution is 0.482. The van der Waals surface area contributed by atoms with E-state index in [1.165, 1.54) is 5.56 Å². The number of aromatic nitrogens is 2. The van der Waals surface area contributed by atoms with Crippen molar-refractivity contribution in [2.24, 2.45) is 0 Å². The summed E-state index contributed by atoms with van der Waals surface area (Å²) in [5.74, 6) is 2.54. The minimum atomic E-state index is 0.704. The summed E-state index contributed by atoms with van der Waals surface area (Å²) in [7, 11) is 0. The fourth-order valence-corrected chi connectivity index (χ4v) is 3.21. The molecule has 0 atom stereocenters. The number of anilines is 1. The lowest BCUT2D eigenvalue weighted by Crippen LogP contribution is -2.01. The van der Waals surface area contributed by atoms with Crippen molar-refractivity contribution in [1.29, 1.82) is 0 Å². The number of nitrogens with one attached hydrogen (secondary N) is 1. The molecule has 118 valence electrons. The van der Waals surface area contributed by atoms with Gasteiger partial charge in [0.1, 0.15) is 23.6 Å². The van der Waals surface area contributed by atoms with Gasteiger partial charge in [-0.25, -0.2) is 9.97 Å². The maximum absolute atomic E-state index is 5.80. The van der Waals surface area contributed by atoms with Gasteiger partial charge in [0.05, 0.1) is 10.2 Å². The molecule has 0 aliphatic rings. The first-order valence-electron chi connectivity index (χ1n) is 7.62. The quantitative estimate of drug-likeness (QED) is 0.552. The van der Waals surface area contributed by atoms with Crippen molar-refractivity contribution in [3.05, 3.63) is 77.9 Å². The Labute approximate surface area is 143 Å². The number of nitrogens with zero attached hydrogens (tertiary/aromatic N) is 2. The molecule has 0 radical (unpaired) electrons. The van der Waals surface area contributed by atoms with Crippen LogP contribution in [0.5, 0.6) is 11.5 Å².